The van der Waals surface area contributed by atoms with E-state index in [1.54, 1.807) is 11.3 Å². The predicted molar refractivity (Wildman–Crippen MR) is 112 cm³/mol. The largest absolute Gasteiger partial charge is 0.466 e. The maximum absolute atomic E-state index is 12.7. The Hall–Kier alpha value is -2.15. The molecule has 28 heavy (non-hydrogen) atoms. The maximum Gasteiger partial charge on any atom is 0.257 e. The second-order valence-corrected chi connectivity index (χ2v) is 8.34. The zero-order valence-corrected chi connectivity index (χ0v) is 17.5. The number of thiazole rings is 1. The monoisotopic (exact) mass is 415 g/mol. The second kappa shape index (κ2) is 8.07. The van der Waals surface area contributed by atoms with Crippen molar-refractivity contribution in [2.45, 2.75) is 20.4 Å². The van der Waals surface area contributed by atoms with Crippen LogP contribution in [0.3, 0.4) is 0 Å². The van der Waals surface area contributed by atoms with Crippen LogP contribution < -0.4 is 0 Å². The van der Waals surface area contributed by atoms with Gasteiger partial charge in [-0.3, -0.25) is 9.69 Å². The molecule has 0 unspecified atom stereocenters. The van der Waals surface area contributed by atoms with Crippen molar-refractivity contribution in [2.75, 3.05) is 26.2 Å². The van der Waals surface area contributed by atoms with Gasteiger partial charge in [-0.1, -0.05) is 23.7 Å². The number of furan rings is 1. The van der Waals surface area contributed by atoms with Crippen molar-refractivity contribution in [1.29, 1.82) is 0 Å². The first-order chi connectivity index (χ1) is 13.5. The minimum atomic E-state index is 0.0627. The van der Waals surface area contributed by atoms with Crippen LogP contribution >= 0.6 is 22.9 Å². The van der Waals surface area contributed by atoms with E-state index < -0.39 is 0 Å². The Labute approximate surface area is 173 Å². The van der Waals surface area contributed by atoms with Gasteiger partial charge in [-0.05, 0) is 32.0 Å². The number of rotatable bonds is 4. The van der Waals surface area contributed by atoms with Crippen LogP contribution in [0.15, 0.2) is 40.1 Å². The molecule has 1 aliphatic heterocycles. The Bertz CT molecular complexity index is 972. The van der Waals surface area contributed by atoms with Crippen LogP contribution in [0.4, 0.5) is 0 Å². The summed E-state index contributed by atoms with van der Waals surface area (Å²) < 4.78 is 5.50. The van der Waals surface area contributed by atoms with Gasteiger partial charge in [0.25, 0.3) is 5.91 Å². The molecule has 0 radical (unpaired) electrons. The first-order valence-corrected chi connectivity index (χ1v) is 10.5. The third kappa shape index (κ3) is 4.14. The van der Waals surface area contributed by atoms with E-state index in [0.717, 1.165) is 59.8 Å². The van der Waals surface area contributed by atoms with E-state index in [2.05, 4.69) is 10.3 Å². The molecule has 0 spiro atoms. The van der Waals surface area contributed by atoms with E-state index >= 15 is 0 Å². The number of carbonyl (C=O) groups excluding carboxylic acids is 1. The van der Waals surface area contributed by atoms with Crippen LogP contribution in [0.2, 0.25) is 5.02 Å². The molecule has 0 aliphatic carbocycles. The van der Waals surface area contributed by atoms with Gasteiger partial charge in [0, 0.05) is 48.7 Å². The van der Waals surface area contributed by atoms with Crippen molar-refractivity contribution in [3.63, 3.8) is 0 Å². The summed E-state index contributed by atoms with van der Waals surface area (Å²) >= 11 is 7.61. The molecule has 7 heteroatoms. The Morgan fingerprint density at radius 1 is 1.18 bits per heavy atom. The first kappa shape index (κ1) is 19.2. The molecule has 1 saturated heterocycles. The molecule has 2 aromatic heterocycles. The van der Waals surface area contributed by atoms with E-state index in [9.17, 15) is 4.79 Å². The number of piperazine rings is 1. The number of benzene rings is 1. The third-order valence-corrected chi connectivity index (χ3v) is 6.15. The molecule has 4 rings (SSSR count). The lowest BCUT2D eigenvalue weighted by molar-refractivity contribution is 0.0625. The SMILES string of the molecule is Cc1cc(C(=O)N2CCN(Cc3csc(-c4ccc(Cl)cc4)n3)CC2)c(C)o1. The van der Waals surface area contributed by atoms with Crippen LogP contribution in [0.1, 0.15) is 27.6 Å². The molecule has 5 nitrogen and oxygen atoms in total. The van der Waals surface area contributed by atoms with E-state index in [-0.39, 0.29) is 5.91 Å². The lowest BCUT2D eigenvalue weighted by atomic mass is 10.2. The van der Waals surface area contributed by atoms with E-state index in [0.29, 0.717) is 11.3 Å². The van der Waals surface area contributed by atoms with Gasteiger partial charge < -0.3 is 9.32 Å². The molecule has 0 N–H and O–H groups in total. The molecule has 1 aliphatic rings. The summed E-state index contributed by atoms with van der Waals surface area (Å²) in [6.45, 7) is 7.64. The fourth-order valence-corrected chi connectivity index (χ4v) is 4.40. The summed E-state index contributed by atoms with van der Waals surface area (Å²) in [7, 11) is 0. The summed E-state index contributed by atoms with van der Waals surface area (Å²) in [6.07, 6.45) is 0. The molecular weight excluding hydrogens is 394 g/mol. The lowest BCUT2D eigenvalue weighted by Gasteiger charge is -2.34. The number of halogens is 1. The van der Waals surface area contributed by atoms with Gasteiger partial charge in [0.2, 0.25) is 0 Å². The van der Waals surface area contributed by atoms with Crippen LogP contribution in [0, 0.1) is 13.8 Å². The third-order valence-electron chi connectivity index (χ3n) is 4.96. The maximum atomic E-state index is 12.7. The molecule has 3 heterocycles. The molecule has 1 fully saturated rings. The smallest absolute Gasteiger partial charge is 0.257 e. The first-order valence-electron chi connectivity index (χ1n) is 9.28. The normalized spacial score (nSPS) is 15.2. The summed E-state index contributed by atoms with van der Waals surface area (Å²) in [4.78, 5) is 21.7. The second-order valence-electron chi connectivity index (χ2n) is 7.05. The van der Waals surface area contributed by atoms with Crippen molar-refractivity contribution < 1.29 is 9.21 Å². The molecule has 3 aromatic rings. The average Bonchev–Trinajstić information content (AvgIpc) is 3.28. The summed E-state index contributed by atoms with van der Waals surface area (Å²) in [6, 6.07) is 9.59. The lowest BCUT2D eigenvalue weighted by Crippen LogP contribution is -2.48. The number of amides is 1. The van der Waals surface area contributed by atoms with E-state index in [4.69, 9.17) is 21.0 Å². The van der Waals surface area contributed by atoms with Crippen LogP contribution in [0.25, 0.3) is 10.6 Å². The summed E-state index contributed by atoms with van der Waals surface area (Å²) in [5.74, 6) is 1.54. The van der Waals surface area contributed by atoms with Gasteiger partial charge in [0.05, 0.1) is 11.3 Å². The highest BCUT2D eigenvalue weighted by atomic mass is 35.5. The van der Waals surface area contributed by atoms with Crippen LogP contribution in [-0.2, 0) is 6.54 Å². The molecular formula is C21H22ClN3O2S. The highest BCUT2D eigenvalue weighted by molar-refractivity contribution is 7.13. The van der Waals surface area contributed by atoms with Gasteiger partial charge in [0.1, 0.15) is 16.5 Å². The Balaban J connectivity index is 1.34. The van der Waals surface area contributed by atoms with Crippen LogP contribution in [-0.4, -0.2) is 46.9 Å². The van der Waals surface area contributed by atoms with Gasteiger partial charge >= 0.3 is 0 Å². The number of nitrogens with zero attached hydrogens (tertiary/aromatic N) is 3. The van der Waals surface area contributed by atoms with Crippen molar-refractivity contribution in [1.82, 2.24) is 14.8 Å². The predicted octanol–water partition coefficient (Wildman–Crippen LogP) is 4.63. The number of carbonyl (C=O) groups is 1. The Kier molecular flexibility index (Phi) is 5.53. The van der Waals surface area contributed by atoms with Gasteiger partial charge in [-0.15, -0.1) is 11.3 Å². The average molecular weight is 416 g/mol. The topological polar surface area (TPSA) is 49.6 Å². The molecule has 0 saturated carbocycles. The zero-order chi connectivity index (χ0) is 19.7. The number of hydrogen-bond donors (Lipinski definition) is 0. The fourth-order valence-electron chi connectivity index (χ4n) is 3.46. The Morgan fingerprint density at radius 2 is 1.89 bits per heavy atom. The zero-order valence-electron chi connectivity index (χ0n) is 15.9. The van der Waals surface area contributed by atoms with Crippen molar-refractivity contribution >= 4 is 28.8 Å². The number of hydrogen-bond acceptors (Lipinski definition) is 5. The van der Waals surface area contributed by atoms with Gasteiger partial charge in [-0.2, -0.15) is 0 Å². The molecule has 1 aromatic carbocycles. The van der Waals surface area contributed by atoms with Gasteiger partial charge in [-0.25, -0.2) is 4.98 Å². The minimum Gasteiger partial charge on any atom is -0.466 e. The summed E-state index contributed by atoms with van der Waals surface area (Å²) in [5, 5.41) is 3.85. The highest BCUT2D eigenvalue weighted by Crippen LogP contribution is 2.26. The van der Waals surface area contributed by atoms with Gasteiger partial charge in [0.15, 0.2) is 0 Å². The summed E-state index contributed by atoms with van der Waals surface area (Å²) in [5.41, 5.74) is 2.83. The molecule has 146 valence electrons. The molecule has 0 atom stereocenters. The van der Waals surface area contributed by atoms with Crippen molar-refractivity contribution in [3.05, 3.63) is 63.5 Å². The van der Waals surface area contributed by atoms with E-state index in [1.807, 2.05) is 49.1 Å². The quantitative estimate of drug-likeness (QED) is 0.623. The standard InChI is InChI=1S/C21H22ClN3O2S/c1-14-11-19(15(2)27-14)21(26)25-9-7-24(8-10-25)12-18-13-28-20(23-18)16-3-5-17(22)6-4-16/h3-6,11,13H,7-10,12H2,1-2H3. The van der Waals surface area contributed by atoms with Crippen LogP contribution in [0.5, 0.6) is 0 Å². The number of aromatic nitrogens is 1. The number of aryl methyl sites for hydroxylation is 2. The van der Waals surface area contributed by atoms with Crippen molar-refractivity contribution in [2.24, 2.45) is 0 Å². The minimum absolute atomic E-state index is 0.0627. The fraction of sp³-hybridized carbons (Fsp3) is 0.333. The van der Waals surface area contributed by atoms with E-state index in [1.165, 1.54) is 0 Å². The highest BCUT2D eigenvalue weighted by Gasteiger charge is 2.25. The van der Waals surface area contributed by atoms with Crippen molar-refractivity contribution in [3.8, 4) is 10.6 Å². The Morgan fingerprint density at radius 3 is 2.54 bits per heavy atom. The molecule has 1 amide bonds. The molecule has 0 bridgehead atoms.